The van der Waals surface area contributed by atoms with Crippen molar-refractivity contribution in [3.8, 4) is 5.75 Å². The fourth-order valence-corrected chi connectivity index (χ4v) is 3.82. The molecule has 2 aromatic rings. The molecule has 0 aliphatic heterocycles. The van der Waals surface area contributed by atoms with Crippen molar-refractivity contribution in [2.24, 2.45) is 0 Å². The summed E-state index contributed by atoms with van der Waals surface area (Å²) in [6.07, 6.45) is 5.00. The molecule has 30 heavy (non-hydrogen) atoms. The average Bonchev–Trinajstić information content (AvgIpc) is 3.24. The van der Waals surface area contributed by atoms with Gasteiger partial charge in [0, 0.05) is 11.0 Å². The van der Waals surface area contributed by atoms with Crippen LogP contribution in [0.2, 0.25) is 0 Å². The van der Waals surface area contributed by atoms with Crippen molar-refractivity contribution in [2.45, 2.75) is 58.0 Å². The largest absolute Gasteiger partial charge is 0.489 e. The third kappa shape index (κ3) is 5.41. The zero-order valence-corrected chi connectivity index (χ0v) is 17.8. The smallest absolute Gasteiger partial charge is 0.333 e. The quantitative estimate of drug-likeness (QED) is 0.318. The summed E-state index contributed by atoms with van der Waals surface area (Å²) in [5.74, 6) is -0.0973. The van der Waals surface area contributed by atoms with Gasteiger partial charge in [0.15, 0.2) is 0 Å². The number of carbonyl (C=O) groups is 2. The van der Waals surface area contributed by atoms with Crippen LogP contribution < -0.4 is 4.74 Å². The molecule has 3 rings (SSSR count). The molecule has 0 heterocycles. The molecule has 1 saturated carbocycles. The third-order valence-corrected chi connectivity index (χ3v) is 5.47. The maximum absolute atomic E-state index is 12.7. The van der Waals surface area contributed by atoms with E-state index in [2.05, 4.69) is 6.58 Å². The van der Waals surface area contributed by atoms with Gasteiger partial charge in [-0.15, -0.1) is 0 Å². The molecule has 1 atom stereocenters. The normalized spacial score (nSPS) is 15.0. The minimum atomic E-state index is -0.420. The lowest BCUT2D eigenvalue weighted by Crippen LogP contribution is -2.21. The number of rotatable bonds is 9. The number of ether oxygens (including phenoxy) is 3. The van der Waals surface area contributed by atoms with Crippen LogP contribution >= 0.6 is 0 Å². The Hall–Kier alpha value is -2.82. The van der Waals surface area contributed by atoms with Gasteiger partial charge in [-0.05, 0) is 56.0 Å². The summed E-state index contributed by atoms with van der Waals surface area (Å²) < 4.78 is 16.6. The highest BCUT2D eigenvalue weighted by Crippen LogP contribution is 2.31. The maximum Gasteiger partial charge on any atom is 0.333 e. The topological polar surface area (TPSA) is 61.8 Å². The number of esters is 2. The Morgan fingerprint density at radius 2 is 1.90 bits per heavy atom. The van der Waals surface area contributed by atoms with E-state index in [-0.39, 0.29) is 31.2 Å². The van der Waals surface area contributed by atoms with Crippen molar-refractivity contribution in [2.75, 3.05) is 13.2 Å². The number of benzene rings is 2. The van der Waals surface area contributed by atoms with Crippen LogP contribution in [0.1, 0.15) is 57.4 Å². The van der Waals surface area contributed by atoms with Gasteiger partial charge in [0.05, 0.1) is 5.92 Å². The van der Waals surface area contributed by atoms with Crippen LogP contribution in [0, 0.1) is 0 Å². The van der Waals surface area contributed by atoms with Crippen LogP contribution in [-0.2, 0) is 19.1 Å². The Balaban J connectivity index is 1.68. The van der Waals surface area contributed by atoms with Gasteiger partial charge in [0.25, 0.3) is 0 Å². The van der Waals surface area contributed by atoms with Crippen LogP contribution in [-0.4, -0.2) is 31.3 Å². The van der Waals surface area contributed by atoms with Crippen LogP contribution in [0.15, 0.2) is 48.6 Å². The fourth-order valence-electron chi connectivity index (χ4n) is 3.82. The first-order valence-corrected chi connectivity index (χ1v) is 10.7. The summed E-state index contributed by atoms with van der Waals surface area (Å²) in [7, 11) is 0. The number of carbonyl (C=O) groups excluding carboxylic acids is 2. The highest BCUT2D eigenvalue weighted by atomic mass is 16.6. The first-order valence-electron chi connectivity index (χ1n) is 10.7. The molecule has 1 aliphatic carbocycles. The number of hydrogen-bond acceptors (Lipinski definition) is 5. The van der Waals surface area contributed by atoms with Crippen molar-refractivity contribution < 1.29 is 23.8 Å². The Bertz CT molecular complexity index is 911. The Morgan fingerprint density at radius 3 is 2.60 bits per heavy atom. The van der Waals surface area contributed by atoms with E-state index in [1.165, 1.54) is 0 Å². The lowest BCUT2D eigenvalue weighted by Gasteiger charge is -2.19. The highest BCUT2D eigenvalue weighted by Gasteiger charge is 2.26. The molecule has 0 amide bonds. The van der Waals surface area contributed by atoms with Gasteiger partial charge in [-0.3, -0.25) is 4.79 Å². The summed E-state index contributed by atoms with van der Waals surface area (Å²) >= 11 is 0. The van der Waals surface area contributed by atoms with Crippen molar-refractivity contribution in [1.82, 2.24) is 0 Å². The first-order chi connectivity index (χ1) is 14.5. The first kappa shape index (κ1) is 21.9. The van der Waals surface area contributed by atoms with Crippen LogP contribution in [0.5, 0.6) is 5.75 Å². The van der Waals surface area contributed by atoms with E-state index in [1.54, 1.807) is 6.92 Å². The molecule has 5 heteroatoms. The van der Waals surface area contributed by atoms with Gasteiger partial charge in [0.1, 0.15) is 25.1 Å². The molecule has 2 aromatic carbocycles. The second-order valence-corrected chi connectivity index (χ2v) is 7.81. The monoisotopic (exact) mass is 410 g/mol. The van der Waals surface area contributed by atoms with E-state index in [4.69, 9.17) is 14.2 Å². The van der Waals surface area contributed by atoms with E-state index >= 15 is 0 Å². The summed E-state index contributed by atoms with van der Waals surface area (Å²) in [4.78, 5) is 24.2. The Morgan fingerprint density at radius 1 is 1.13 bits per heavy atom. The molecule has 1 fully saturated rings. The second-order valence-electron chi connectivity index (χ2n) is 7.81. The Labute approximate surface area is 178 Å². The average molecular weight is 411 g/mol. The molecule has 0 N–H and O–H groups in total. The van der Waals surface area contributed by atoms with Crippen molar-refractivity contribution >= 4 is 22.7 Å². The molecular weight excluding hydrogens is 380 g/mol. The highest BCUT2D eigenvalue weighted by molar-refractivity contribution is 5.90. The summed E-state index contributed by atoms with van der Waals surface area (Å²) in [5, 5.41) is 1.95. The van der Waals surface area contributed by atoms with E-state index in [0.717, 1.165) is 42.0 Å². The molecule has 0 bridgehead atoms. The van der Waals surface area contributed by atoms with E-state index in [9.17, 15) is 9.59 Å². The van der Waals surface area contributed by atoms with E-state index in [0.29, 0.717) is 17.7 Å². The number of fused-ring (bicyclic) bond motifs is 1. The minimum absolute atomic E-state index is 0.0750. The van der Waals surface area contributed by atoms with Gasteiger partial charge in [-0.2, -0.15) is 0 Å². The van der Waals surface area contributed by atoms with Crippen molar-refractivity contribution in [3.05, 3.63) is 54.1 Å². The second kappa shape index (κ2) is 10.3. The minimum Gasteiger partial charge on any atom is -0.489 e. The van der Waals surface area contributed by atoms with Crippen LogP contribution in [0.4, 0.5) is 0 Å². The van der Waals surface area contributed by atoms with Gasteiger partial charge in [-0.25, -0.2) is 4.79 Å². The van der Waals surface area contributed by atoms with Crippen molar-refractivity contribution in [1.29, 1.82) is 0 Å². The molecule has 0 saturated heterocycles. The zero-order valence-electron chi connectivity index (χ0n) is 17.8. The molecule has 0 aromatic heterocycles. The van der Waals surface area contributed by atoms with Gasteiger partial charge in [-0.1, -0.05) is 43.8 Å². The van der Waals surface area contributed by atoms with E-state index in [1.807, 2.05) is 43.3 Å². The molecule has 0 spiro atoms. The lowest BCUT2D eigenvalue weighted by atomic mass is 9.94. The predicted molar refractivity (Wildman–Crippen MR) is 117 cm³/mol. The molecule has 1 aliphatic rings. The van der Waals surface area contributed by atoms with Crippen LogP contribution in [0.3, 0.4) is 0 Å². The fraction of sp³-hybridized carbons (Fsp3) is 0.440. The predicted octanol–water partition coefficient (Wildman–Crippen LogP) is 5.32. The summed E-state index contributed by atoms with van der Waals surface area (Å²) in [6, 6.07) is 11.8. The van der Waals surface area contributed by atoms with Crippen molar-refractivity contribution in [3.63, 3.8) is 0 Å². The van der Waals surface area contributed by atoms with E-state index < -0.39 is 5.97 Å². The zero-order chi connectivity index (χ0) is 21.5. The summed E-state index contributed by atoms with van der Waals surface area (Å²) in [6.45, 7) is 7.59. The number of hydrogen-bond donors (Lipinski definition) is 0. The molecule has 1 unspecified atom stereocenters. The third-order valence-electron chi connectivity index (χ3n) is 5.47. The molecule has 0 radical (unpaired) electrons. The SMILES string of the molecule is C=C(C)C(=O)OCCOc1cccc2cc(C(CC)C(=O)OC3CCCC3)ccc12. The standard InChI is InChI=1S/C25H30O5/c1-4-21(25(27)30-20-9-5-6-10-20)19-12-13-22-18(16-19)8-7-11-23(22)28-14-15-29-24(26)17(2)3/h7-8,11-13,16,20-21H,2,4-6,9-10,14-15H2,1,3H3. The van der Waals surface area contributed by atoms with Gasteiger partial charge >= 0.3 is 11.9 Å². The lowest BCUT2D eigenvalue weighted by molar-refractivity contribution is -0.150. The van der Waals surface area contributed by atoms with Gasteiger partial charge < -0.3 is 14.2 Å². The molecule has 5 nitrogen and oxygen atoms in total. The molecular formula is C25H30O5. The van der Waals surface area contributed by atoms with Crippen LogP contribution in [0.25, 0.3) is 10.8 Å². The maximum atomic E-state index is 12.7. The Kier molecular flexibility index (Phi) is 7.50. The van der Waals surface area contributed by atoms with Gasteiger partial charge in [0.2, 0.25) is 0 Å². The summed E-state index contributed by atoms with van der Waals surface area (Å²) in [5.41, 5.74) is 1.32. The molecule has 160 valence electrons.